The zero-order valence-electron chi connectivity index (χ0n) is 29.9. The number of aromatic nitrogens is 4. The van der Waals surface area contributed by atoms with Crippen molar-refractivity contribution in [2.24, 2.45) is 0 Å². The summed E-state index contributed by atoms with van der Waals surface area (Å²) in [6.07, 6.45) is 5.54. The van der Waals surface area contributed by atoms with Crippen LogP contribution in [0.1, 0.15) is 41.7 Å². The Morgan fingerprint density at radius 3 is 1.53 bits per heavy atom. The number of carboxylic acids is 1. The fourth-order valence-electron chi connectivity index (χ4n) is 5.18. The van der Waals surface area contributed by atoms with E-state index in [1.54, 1.807) is 12.1 Å². The summed E-state index contributed by atoms with van der Waals surface area (Å²) in [5.74, 6) is -2.36. The number of hydrogen-bond donors (Lipinski definition) is 3. The number of aromatic carboxylic acids is 1. The van der Waals surface area contributed by atoms with Gasteiger partial charge in [0.15, 0.2) is 23.0 Å². The van der Waals surface area contributed by atoms with Gasteiger partial charge in [-0.05, 0) is 35.0 Å². The highest BCUT2D eigenvalue weighted by atomic mass is 16.5. The van der Waals surface area contributed by atoms with Gasteiger partial charge in [0.05, 0.1) is 19.8 Å². The maximum Gasteiger partial charge on any atom is 0.360 e. The van der Waals surface area contributed by atoms with Crippen LogP contribution in [0.3, 0.4) is 0 Å². The number of amides is 1. The molecule has 0 fully saturated rings. The maximum atomic E-state index is 12.8. The number of benzene rings is 4. The van der Waals surface area contributed by atoms with E-state index >= 15 is 0 Å². The molecule has 2 aromatic heterocycles. The molecule has 15 nitrogen and oxygen atoms in total. The van der Waals surface area contributed by atoms with E-state index in [4.69, 9.17) is 10.8 Å². The standard InChI is InChI=1S/C19H18N4O3.C13H13NO2.C6H7N3O2/c1-23(2)15-9-8-14(12-6-4-5-7-13(12)15)18(24)22-17-16(19(25)26-3)20-10-11-21-17;1-14(2)12-8-7-11(13(15)16)9-5-3-4-6-10(9)12;1-11-6(10)4-5(7)9-3-2-8-4/h4-11H,1-3H3,(H,21,22,24);3-8H,1-2H3,(H,15,16);2-3H,1H3,(H2,7,9). The number of ether oxygens (including phenoxy) is 2. The summed E-state index contributed by atoms with van der Waals surface area (Å²) >= 11 is 0. The van der Waals surface area contributed by atoms with Crippen molar-refractivity contribution < 1.29 is 33.8 Å². The number of esters is 2. The molecule has 4 aromatic carbocycles. The SMILES string of the molecule is CN(C)c1ccc(C(=O)O)c2ccccc12.COC(=O)c1nccnc1N.COC(=O)c1nccnc1NC(=O)c1ccc(N(C)C)c2ccccc12. The van der Waals surface area contributed by atoms with E-state index in [0.29, 0.717) is 11.1 Å². The number of nitrogen functional groups attached to an aromatic ring is 1. The number of nitrogens with one attached hydrogen (secondary N) is 1. The lowest BCUT2D eigenvalue weighted by molar-refractivity contribution is 0.0586. The number of hydrogen-bond acceptors (Lipinski definition) is 13. The van der Waals surface area contributed by atoms with Gasteiger partial charge in [-0.2, -0.15) is 0 Å². The third-order valence-electron chi connectivity index (χ3n) is 7.65. The summed E-state index contributed by atoms with van der Waals surface area (Å²) in [5.41, 5.74) is 8.19. The van der Waals surface area contributed by atoms with Crippen molar-refractivity contribution >= 4 is 68.4 Å². The van der Waals surface area contributed by atoms with Crippen LogP contribution in [0, 0.1) is 0 Å². The molecule has 6 rings (SSSR count). The minimum atomic E-state index is -0.887. The fourth-order valence-corrected chi connectivity index (χ4v) is 5.18. The summed E-state index contributed by atoms with van der Waals surface area (Å²) < 4.78 is 9.07. The van der Waals surface area contributed by atoms with E-state index in [2.05, 4.69) is 34.7 Å². The number of anilines is 4. The number of carboxylic acid groups (broad SMARTS) is 1. The van der Waals surface area contributed by atoms with Crippen molar-refractivity contribution in [3.8, 4) is 0 Å². The number of nitrogens with zero attached hydrogens (tertiary/aromatic N) is 6. The maximum absolute atomic E-state index is 12.8. The molecular formula is C38H38N8O7. The number of carbonyl (C=O) groups excluding carboxylic acids is 3. The van der Waals surface area contributed by atoms with Crippen LogP contribution >= 0.6 is 0 Å². The van der Waals surface area contributed by atoms with Crippen LogP contribution in [-0.2, 0) is 9.47 Å². The minimum Gasteiger partial charge on any atom is -0.478 e. The molecular weight excluding hydrogens is 680 g/mol. The molecule has 53 heavy (non-hydrogen) atoms. The minimum absolute atomic E-state index is 0.0439. The summed E-state index contributed by atoms with van der Waals surface area (Å²) in [4.78, 5) is 65.8. The fraction of sp³-hybridized carbons (Fsp3) is 0.158. The molecule has 0 bridgehead atoms. The first-order chi connectivity index (χ1) is 25.4. The molecule has 0 unspecified atom stereocenters. The number of methoxy groups -OCH3 is 2. The molecule has 6 aromatic rings. The van der Waals surface area contributed by atoms with Gasteiger partial charge in [-0.3, -0.25) is 4.79 Å². The highest BCUT2D eigenvalue weighted by Crippen LogP contribution is 2.30. The molecule has 2 heterocycles. The molecule has 0 radical (unpaired) electrons. The lowest BCUT2D eigenvalue weighted by Gasteiger charge is -2.17. The third kappa shape index (κ3) is 9.15. The van der Waals surface area contributed by atoms with Crippen molar-refractivity contribution in [3.63, 3.8) is 0 Å². The van der Waals surface area contributed by atoms with Gasteiger partial charge in [0.1, 0.15) is 0 Å². The van der Waals surface area contributed by atoms with Crippen LogP contribution in [0.15, 0.2) is 97.6 Å². The Morgan fingerprint density at radius 1 is 0.604 bits per heavy atom. The van der Waals surface area contributed by atoms with Gasteiger partial charge in [0, 0.05) is 80.7 Å². The molecule has 0 spiro atoms. The second-order valence-electron chi connectivity index (χ2n) is 11.4. The zero-order valence-corrected chi connectivity index (χ0v) is 29.9. The zero-order chi connectivity index (χ0) is 38.7. The monoisotopic (exact) mass is 718 g/mol. The van der Waals surface area contributed by atoms with Crippen LogP contribution in [0.2, 0.25) is 0 Å². The van der Waals surface area contributed by atoms with E-state index in [0.717, 1.165) is 32.9 Å². The Labute approximate surface area is 305 Å². The predicted octanol–water partition coefficient (Wildman–Crippen LogP) is 5.18. The Bertz CT molecular complexity index is 2280. The largest absolute Gasteiger partial charge is 0.478 e. The molecule has 272 valence electrons. The molecule has 4 N–H and O–H groups in total. The lowest BCUT2D eigenvalue weighted by atomic mass is 10.0. The van der Waals surface area contributed by atoms with Gasteiger partial charge < -0.3 is 35.4 Å². The topological polar surface area (TPSA) is 203 Å². The molecule has 1 amide bonds. The normalized spacial score (nSPS) is 10.2. The van der Waals surface area contributed by atoms with E-state index in [9.17, 15) is 19.2 Å². The van der Waals surface area contributed by atoms with Gasteiger partial charge in [-0.15, -0.1) is 0 Å². The summed E-state index contributed by atoms with van der Waals surface area (Å²) in [5, 5.41) is 15.3. The molecule has 0 saturated heterocycles. The van der Waals surface area contributed by atoms with Crippen LogP contribution in [0.4, 0.5) is 23.0 Å². The second-order valence-corrected chi connectivity index (χ2v) is 11.4. The Kier molecular flexibility index (Phi) is 12.9. The lowest BCUT2D eigenvalue weighted by Crippen LogP contribution is -2.18. The van der Waals surface area contributed by atoms with E-state index in [1.807, 2.05) is 98.7 Å². The first-order valence-corrected chi connectivity index (χ1v) is 15.9. The third-order valence-corrected chi connectivity index (χ3v) is 7.65. The predicted molar refractivity (Wildman–Crippen MR) is 203 cm³/mol. The number of rotatable bonds is 7. The molecule has 0 saturated carbocycles. The molecule has 0 atom stereocenters. The Morgan fingerprint density at radius 2 is 1.04 bits per heavy atom. The number of nitrogens with two attached hydrogens (primary N) is 1. The smallest absolute Gasteiger partial charge is 0.360 e. The van der Waals surface area contributed by atoms with Gasteiger partial charge in [-0.25, -0.2) is 34.3 Å². The first kappa shape index (κ1) is 38.6. The van der Waals surface area contributed by atoms with Crippen LogP contribution in [0.25, 0.3) is 21.5 Å². The second kappa shape index (κ2) is 17.7. The molecule has 0 aliphatic carbocycles. The molecule has 0 aliphatic rings. The van der Waals surface area contributed by atoms with Gasteiger partial charge >= 0.3 is 17.9 Å². The van der Waals surface area contributed by atoms with Crippen molar-refractivity contribution in [1.82, 2.24) is 19.9 Å². The number of carbonyl (C=O) groups is 4. The van der Waals surface area contributed by atoms with Crippen LogP contribution < -0.4 is 20.9 Å². The van der Waals surface area contributed by atoms with Gasteiger partial charge in [-0.1, -0.05) is 48.5 Å². The highest BCUT2D eigenvalue weighted by molar-refractivity contribution is 6.15. The average Bonchev–Trinajstić information content (AvgIpc) is 3.17. The van der Waals surface area contributed by atoms with E-state index < -0.39 is 17.9 Å². The Balaban J connectivity index is 0.000000197. The summed E-state index contributed by atoms with van der Waals surface area (Å²) in [6.45, 7) is 0. The quantitative estimate of drug-likeness (QED) is 0.182. The summed E-state index contributed by atoms with van der Waals surface area (Å²) in [6, 6.07) is 22.3. The van der Waals surface area contributed by atoms with E-state index in [-0.39, 0.29) is 28.9 Å². The van der Waals surface area contributed by atoms with Gasteiger partial charge in [0.2, 0.25) is 0 Å². The number of fused-ring (bicyclic) bond motifs is 2. The van der Waals surface area contributed by atoms with Crippen molar-refractivity contribution in [2.75, 3.05) is 63.3 Å². The van der Waals surface area contributed by atoms with Gasteiger partial charge in [0.25, 0.3) is 5.91 Å². The first-order valence-electron chi connectivity index (χ1n) is 15.9. The summed E-state index contributed by atoms with van der Waals surface area (Å²) in [7, 11) is 10.3. The van der Waals surface area contributed by atoms with Crippen molar-refractivity contribution in [2.45, 2.75) is 0 Å². The molecule has 0 aliphatic heterocycles. The Hall–Kier alpha value is -7.16. The van der Waals surface area contributed by atoms with Crippen molar-refractivity contribution in [1.29, 1.82) is 0 Å². The van der Waals surface area contributed by atoms with Crippen LogP contribution in [-0.4, -0.2) is 91.3 Å². The van der Waals surface area contributed by atoms with E-state index in [1.165, 1.54) is 39.0 Å². The molecule has 15 heteroatoms. The highest BCUT2D eigenvalue weighted by Gasteiger charge is 2.19. The van der Waals surface area contributed by atoms with Crippen molar-refractivity contribution in [3.05, 3.63) is 120 Å². The average molecular weight is 719 g/mol. The van der Waals surface area contributed by atoms with Crippen LogP contribution in [0.5, 0.6) is 0 Å².